The van der Waals surface area contributed by atoms with E-state index >= 15 is 0 Å². The lowest BCUT2D eigenvalue weighted by Crippen LogP contribution is -2.02. The molecule has 0 unspecified atom stereocenters. The number of para-hydroxylation sites is 2. The molecule has 0 aliphatic heterocycles. The highest BCUT2D eigenvalue weighted by Gasteiger charge is 2.08. The predicted octanol–water partition coefficient (Wildman–Crippen LogP) is 3.88. The van der Waals surface area contributed by atoms with Crippen LogP contribution in [-0.2, 0) is 0 Å². The van der Waals surface area contributed by atoms with E-state index in [4.69, 9.17) is 0 Å². The van der Waals surface area contributed by atoms with Crippen molar-refractivity contribution in [1.82, 2.24) is 9.13 Å². The Balaban J connectivity index is 2.22. The summed E-state index contributed by atoms with van der Waals surface area (Å²) in [5.41, 5.74) is 5.01. The van der Waals surface area contributed by atoms with Crippen molar-refractivity contribution in [3.63, 3.8) is 0 Å². The van der Waals surface area contributed by atoms with Crippen LogP contribution in [0.3, 0.4) is 0 Å². The van der Waals surface area contributed by atoms with Crippen LogP contribution in [0.15, 0.2) is 61.1 Å². The summed E-state index contributed by atoms with van der Waals surface area (Å²) in [7, 11) is 0. The molecule has 2 nitrogen and oxygen atoms in total. The molecule has 1 aromatic carbocycles. The number of aryl methyl sites for hydroxylation is 1. The van der Waals surface area contributed by atoms with Gasteiger partial charge in [0.15, 0.2) is 0 Å². The third-order valence-electron chi connectivity index (χ3n) is 3.43. The Hall–Kier alpha value is -2.22. The summed E-state index contributed by atoms with van der Waals surface area (Å²) in [5.74, 6) is 0. The zero-order chi connectivity index (χ0) is 12.5. The molecule has 0 N–H and O–H groups in total. The van der Waals surface area contributed by atoms with Crippen LogP contribution in [0.25, 0.3) is 11.4 Å². The number of benzene rings is 1. The van der Waals surface area contributed by atoms with Crippen LogP contribution < -0.4 is 0 Å². The zero-order valence-corrected chi connectivity index (χ0v) is 10.7. The van der Waals surface area contributed by atoms with Gasteiger partial charge >= 0.3 is 0 Å². The van der Waals surface area contributed by atoms with E-state index in [2.05, 4.69) is 71.9 Å². The van der Waals surface area contributed by atoms with Crippen LogP contribution in [0.5, 0.6) is 0 Å². The Bertz CT molecular complexity index is 660. The van der Waals surface area contributed by atoms with E-state index in [1.807, 2.05) is 12.1 Å². The minimum Gasteiger partial charge on any atom is -0.322 e. The molecule has 3 aromatic rings. The number of hydrogen-bond donors (Lipinski definition) is 0. The fraction of sp³-hybridized carbons (Fsp3) is 0.125. The van der Waals surface area contributed by atoms with E-state index in [0.29, 0.717) is 0 Å². The van der Waals surface area contributed by atoms with Gasteiger partial charge in [0.05, 0.1) is 11.4 Å². The van der Waals surface area contributed by atoms with E-state index in [1.165, 1.54) is 22.6 Å². The van der Waals surface area contributed by atoms with E-state index < -0.39 is 0 Å². The molecule has 0 saturated heterocycles. The molecule has 2 heteroatoms. The van der Waals surface area contributed by atoms with Crippen molar-refractivity contribution in [1.29, 1.82) is 0 Å². The molecule has 0 atom stereocenters. The maximum Gasteiger partial charge on any atom is 0.0693 e. The average Bonchev–Trinajstić information content (AvgIpc) is 3.02. The fourth-order valence-electron chi connectivity index (χ4n) is 2.25. The second kappa shape index (κ2) is 4.22. The molecule has 90 valence electrons. The average molecular weight is 236 g/mol. The lowest BCUT2D eigenvalue weighted by molar-refractivity contribution is 0.965. The highest BCUT2D eigenvalue weighted by Crippen LogP contribution is 2.22. The fourth-order valence-corrected chi connectivity index (χ4v) is 2.25. The van der Waals surface area contributed by atoms with E-state index in [0.717, 1.165) is 0 Å². The van der Waals surface area contributed by atoms with Gasteiger partial charge < -0.3 is 9.13 Å². The van der Waals surface area contributed by atoms with Crippen LogP contribution >= 0.6 is 0 Å². The highest BCUT2D eigenvalue weighted by atomic mass is 15.0. The molecule has 0 bridgehead atoms. The van der Waals surface area contributed by atoms with Crippen LogP contribution in [-0.4, -0.2) is 9.13 Å². The first kappa shape index (κ1) is 10.9. The lowest BCUT2D eigenvalue weighted by Gasteiger charge is -2.13. The summed E-state index contributed by atoms with van der Waals surface area (Å²) in [6.07, 6.45) is 6.28. The van der Waals surface area contributed by atoms with Crippen molar-refractivity contribution in [3.05, 3.63) is 72.3 Å². The molecule has 3 rings (SSSR count). The van der Waals surface area contributed by atoms with Gasteiger partial charge in [-0.3, -0.25) is 0 Å². The Morgan fingerprint density at radius 3 is 2.00 bits per heavy atom. The summed E-state index contributed by atoms with van der Waals surface area (Å²) < 4.78 is 4.38. The summed E-state index contributed by atoms with van der Waals surface area (Å²) in [6.45, 7) is 4.30. The van der Waals surface area contributed by atoms with Crippen molar-refractivity contribution in [2.24, 2.45) is 0 Å². The maximum atomic E-state index is 2.24. The highest BCUT2D eigenvalue weighted by molar-refractivity contribution is 5.54. The first-order chi connectivity index (χ1) is 8.77. The largest absolute Gasteiger partial charge is 0.322 e. The van der Waals surface area contributed by atoms with Crippen molar-refractivity contribution in [2.45, 2.75) is 13.8 Å². The SMILES string of the molecule is Cc1ccn(-c2ccccc2-n2cccc2)c1C. The molecule has 2 aromatic heterocycles. The van der Waals surface area contributed by atoms with Crippen LogP contribution in [0.4, 0.5) is 0 Å². The van der Waals surface area contributed by atoms with Crippen LogP contribution in [0.2, 0.25) is 0 Å². The van der Waals surface area contributed by atoms with Gasteiger partial charge in [0, 0.05) is 24.3 Å². The molecule has 0 fully saturated rings. The van der Waals surface area contributed by atoms with Gasteiger partial charge in [-0.1, -0.05) is 12.1 Å². The number of nitrogens with zero attached hydrogens (tertiary/aromatic N) is 2. The quantitative estimate of drug-likeness (QED) is 0.639. The molecular weight excluding hydrogens is 220 g/mol. The van der Waals surface area contributed by atoms with E-state index in [1.54, 1.807) is 0 Å². The predicted molar refractivity (Wildman–Crippen MR) is 74.6 cm³/mol. The summed E-state index contributed by atoms with van der Waals surface area (Å²) in [4.78, 5) is 0. The molecule has 18 heavy (non-hydrogen) atoms. The number of hydrogen-bond acceptors (Lipinski definition) is 0. The molecule has 0 saturated carbocycles. The summed E-state index contributed by atoms with van der Waals surface area (Å²) >= 11 is 0. The van der Waals surface area contributed by atoms with Crippen LogP contribution in [0.1, 0.15) is 11.3 Å². The van der Waals surface area contributed by atoms with Gasteiger partial charge in [-0.05, 0) is 49.7 Å². The minimum absolute atomic E-state index is 1.20. The second-order valence-corrected chi connectivity index (χ2v) is 4.53. The summed E-state index contributed by atoms with van der Waals surface area (Å²) in [6, 6.07) is 14.7. The van der Waals surface area contributed by atoms with Crippen molar-refractivity contribution in [3.8, 4) is 11.4 Å². The first-order valence-corrected chi connectivity index (χ1v) is 6.14. The summed E-state index contributed by atoms with van der Waals surface area (Å²) in [5, 5.41) is 0. The maximum absolute atomic E-state index is 2.24. The monoisotopic (exact) mass is 236 g/mol. The Kier molecular flexibility index (Phi) is 2.56. The van der Waals surface area contributed by atoms with E-state index in [9.17, 15) is 0 Å². The van der Waals surface area contributed by atoms with Crippen LogP contribution in [0, 0.1) is 13.8 Å². The second-order valence-electron chi connectivity index (χ2n) is 4.53. The third kappa shape index (κ3) is 1.66. The molecule has 0 spiro atoms. The van der Waals surface area contributed by atoms with Gasteiger partial charge in [-0.2, -0.15) is 0 Å². The van der Waals surface area contributed by atoms with Crippen molar-refractivity contribution < 1.29 is 0 Å². The Morgan fingerprint density at radius 2 is 1.39 bits per heavy atom. The van der Waals surface area contributed by atoms with Gasteiger partial charge in [-0.25, -0.2) is 0 Å². The topological polar surface area (TPSA) is 9.86 Å². The normalized spacial score (nSPS) is 10.8. The molecular formula is C16H16N2. The standard InChI is InChI=1S/C16H16N2/c1-13-9-12-18(14(13)2)16-8-4-3-7-15(16)17-10-5-6-11-17/h3-12H,1-2H3. The Morgan fingerprint density at radius 1 is 0.722 bits per heavy atom. The number of aromatic nitrogens is 2. The molecule has 0 aliphatic rings. The molecule has 0 aliphatic carbocycles. The Labute approximate surface area is 107 Å². The van der Waals surface area contributed by atoms with Gasteiger partial charge in [-0.15, -0.1) is 0 Å². The number of rotatable bonds is 2. The molecule has 2 heterocycles. The van der Waals surface area contributed by atoms with Gasteiger partial charge in [0.25, 0.3) is 0 Å². The third-order valence-corrected chi connectivity index (χ3v) is 3.43. The van der Waals surface area contributed by atoms with Crippen molar-refractivity contribution >= 4 is 0 Å². The minimum atomic E-state index is 1.20. The lowest BCUT2D eigenvalue weighted by atomic mass is 10.2. The van der Waals surface area contributed by atoms with Gasteiger partial charge in [0.1, 0.15) is 0 Å². The first-order valence-electron chi connectivity index (χ1n) is 6.14. The molecule has 0 amide bonds. The van der Waals surface area contributed by atoms with Gasteiger partial charge in [0.2, 0.25) is 0 Å². The smallest absolute Gasteiger partial charge is 0.0693 e. The zero-order valence-electron chi connectivity index (χ0n) is 10.7. The van der Waals surface area contributed by atoms with E-state index in [-0.39, 0.29) is 0 Å². The molecule has 0 radical (unpaired) electrons. The van der Waals surface area contributed by atoms with Crippen molar-refractivity contribution in [2.75, 3.05) is 0 Å².